The van der Waals surface area contributed by atoms with Crippen LogP contribution in [0.15, 0.2) is 36.4 Å². The van der Waals surface area contributed by atoms with Crippen molar-refractivity contribution in [2.24, 2.45) is 0 Å². The molecule has 0 radical (unpaired) electrons. The van der Waals surface area contributed by atoms with Crippen LogP contribution in [-0.2, 0) is 11.3 Å². The number of carbonyl (C=O) groups is 1. The Morgan fingerprint density at radius 1 is 1.12 bits per heavy atom. The van der Waals surface area contributed by atoms with E-state index in [0.717, 1.165) is 44.8 Å². The van der Waals surface area contributed by atoms with Crippen molar-refractivity contribution < 1.29 is 4.79 Å². The second-order valence-corrected chi connectivity index (χ2v) is 6.95. The Morgan fingerprint density at radius 2 is 1.85 bits per heavy atom. The molecule has 1 N–H and O–H groups in total. The highest BCUT2D eigenvalue weighted by Crippen LogP contribution is 2.15. The van der Waals surface area contributed by atoms with Gasteiger partial charge in [0.2, 0.25) is 5.91 Å². The topological polar surface area (TPSA) is 53.4 Å². The third-order valence-corrected chi connectivity index (χ3v) is 4.83. The molecule has 1 aromatic heterocycles. The molecule has 1 fully saturated rings. The zero-order valence-corrected chi connectivity index (χ0v) is 15.8. The Hall–Kier alpha value is -2.34. The van der Waals surface area contributed by atoms with Crippen molar-refractivity contribution in [3.05, 3.63) is 47.8 Å². The van der Waals surface area contributed by atoms with E-state index in [2.05, 4.69) is 57.5 Å². The van der Waals surface area contributed by atoms with Crippen LogP contribution in [0.1, 0.15) is 17.8 Å². The van der Waals surface area contributed by atoms with Crippen LogP contribution in [0, 0.1) is 13.8 Å². The van der Waals surface area contributed by atoms with E-state index in [1.807, 2.05) is 17.7 Å². The first kappa shape index (κ1) is 18.5. The Bertz CT molecular complexity index is 704. The molecule has 0 atom stereocenters. The molecule has 0 saturated carbocycles. The van der Waals surface area contributed by atoms with Gasteiger partial charge in [0.1, 0.15) is 0 Å². The third-order valence-electron chi connectivity index (χ3n) is 4.83. The number of rotatable bonds is 7. The minimum absolute atomic E-state index is 0.117. The molecule has 0 spiro atoms. The van der Waals surface area contributed by atoms with E-state index >= 15 is 0 Å². The van der Waals surface area contributed by atoms with Gasteiger partial charge in [-0.2, -0.15) is 5.10 Å². The molecule has 1 saturated heterocycles. The number of aryl methyl sites for hydroxylation is 3. The molecule has 0 bridgehead atoms. The van der Waals surface area contributed by atoms with E-state index in [0.29, 0.717) is 13.1 Å². The van der Waals surface area contributed by atoms with Crippen molar-refractivity contribution in [3.8, 4) is 0 Å². The Morgan fingerprint density at radius 3 is 2.50 bits per heavy atom. The smallest absolute Gasteiger partial charge is 0.234 e. The highest BCUT2D eigenvalue weighted by atomic mass is 16.2. The van der Waals surface area contributed by atoms with Crippen molar-refractivity contribution in [2.75, 3.05) is 44.2 Å². The van der Waals surface area contributed by atoms with E-state index in [1.54, 1.807) is 0 Å². The molecule has 1 aromatic carbocycles. The van der Waals surface area contributed by atoms with Crippen LogP contribution in [0.2, 0.25) is 0 Å². The van der Waals surface area contributed by atoms with E-state index < -0.39 is 0 Å². The lowest BCUT2D eigenvalue weighted by Gasteiger charge is -2.35. The number of hydrogen-bond acceptors (Lipinski definition) is 4. The van der Waals surface area contributed by atoms with Gasteiger partial charge in [-0.3, -0.25) is 14.4 Å². The number of carbonyl (C=O) groups excluding carboxylic acids is 1. The molecule has 6 heteroatoms. The van der Waals surface area contributed by atoms with E-state index in [4.69, 9.17) is 0 Å². The summed E-state index contributed by atoms with van der Waals surface area (Å²) < 4.78 is 2.00. The molecule has 26 heavy (non-hydrogen) atoms. The van der Waals surface area contributed by atoms with Gasteiger partial charge in [0.15, 0.2) is 0 Å². The number of para-hydroxylation sites is 1. The van der Waals surface area contributed by atoms with Crippen molar-refractivity contribution >= 4 is 11.6 Å². The number of hydrogen-bond donors (Lipinski definition) is 1. The largest absolute Gasteiger partial charge is 0.369 e. The lowest BCUT2D eigenvalue weighted by molar-refractivity contribution is -0.122. The molecule has 6 nitrogen and oxygen atoms in total. The Labute approximate surface area is 155 Å². The standard InChI is InChI=1S/C20H29N5O/c1-17-15-18(2)25(22-17)10-6-9-21-20(26)16-23-11-13-24(14-12-23)19-7-4-3-5-8-19/h3-5,7-8,15H,6,9-14,16H2,1-2H3,(H,21,26). The summed E-state index contributed by atoms with van der Waals surface area (Å²) in [6.07, 6.45) is 0.898. The second kappa shape index (κ2) is 8.85. The zero-order valence-electron chi connectivity index (χ0n) is 15.8. The van der Waals surface area contributed by atoms with Gasteiger partial charge >= 0.3 is 0 Å². The van der Waals surface area contributed by atoms with Gasteiger partial charge in [0.05, 0.1) is 12.2 Å². The van der Waals surface area contributed by atoms with Crippen LogP contribution < -0.4 is 10.2 Å². The highest BCUT2D eigenvalue weighted by molar-refractivity contribution is 5.78. The Balaban J connectivity index is 1.32. The zero-order chi connectivity index (χ0) is 18.4. The van der Waals surface area contributed by atoms with Crippen molar-refractivity contribution in [1.82, 2.24) is 20.0 Å². The first-order chi connectivity index (χ1) is 12.6. The summed E-state index contributed by atoms with van der Waals surface area (Å²) in [5, 5.41) is 7.48. The SMILES string of the molecule is Cc1cc(C)n(CCCNC(=O)CN2CCN(c3ccccc3)CC2)n1. The number of nitrogens with one attached hydrogen (secondary N) is 1. The van der Waals surface area contributed by atoms with Gasteiger partial charge in [-0.25, -0.2) is 0 Å². The molecule has 0 unspecified atom stereocenters. The molecule has 1 amide bonds. The summed E-state index contributed by atoms with van der Waals surface area (Å²) in [7, 11) is 0. The molecule has 2 heterocycles. The number of nitrogens with zero attached hydrogens (tertiary/aromatic N) is 4. The molecule has 1 aliphatic rings. The predicted octanol–water partition coefficient (Wildman–Crippen LogP) is 1.83. The number of anilines is 1. The van der Waals surface area contributed by atoms with Crippen LogP contribution in [0.3, 0.4) is 0 Å². The molecule has 3 rings (SSSR count). The van der Waals surface area contributed by atoms with Gasteiger partial charge in [-0.15, -0.1) is 0 Å². The van der Waals surface area contributed by atoms with Gasteiger partial charge < -0.3 is 10.2 Å². The minimum atomic E-state index is 0.117. The van der Waals surface area contributed by atoms with Gasteiger partial charge in [0.25, 0.3) is 0 Å². The van der Waals surface area contributed by atoms with Gasteiger partial charge in [-0.1, -0.05) is 18.2 Å². The van der Waals surface area contributed by atoms with Crippen molar-refractivity contribution in [3.63, 3.8) is 0 Å². The summed E-state index contributed by atoms with van der Waals surface area (Å²) >= 11 is 0. The van der Waals surface area contributed by atoms with Crippen molar-refractivity contribution in [2.45, 2.75) is 26.8 Å². The Kier molecular flexibility index (Phi) is 6.28. The fourth-order valence-corrected chi connectivity index (χ4v) is 3.42. The minimum Gasteiger partial charge on any atom is -0.369 e. The number of piperazine rings is 1. The predicted molar refractivity (Wildman–Crippen MR) is 104 cm³/mol. The summed E-state index contributed by atoms with van der Waals surface area (Å²) in [6.45, 7) is 9.88. The van der Waals surface area contributed by atoms with Crippen LogP contribution in [-0.4, -0.2) is 59.9 Å². The number of benzene rings is 1. The fraction of sp³-hybridized carbons (Fsp3) is 0.500. The maximum atomic E-state index is 12.2. The average Bonchev–Trinajstić information content (AvgIpc) is 2.97. The first-order valence-electron chi connectivity index (χ1n) is 9.42. The lowest BCUT2D eigenvalue weighted by Crippen LogP contribution is -2.49. The highest BCUT2D eigenvalue weighted by Gasteiger charge is 2.18. The van der Waals surface area contributed by atoms with Gasteiger partial charge in [-0.05, 0) is 38.5 Å². The molecule has 0 aliphatic carbocycles. The van der Waals surface area contributed by atoms with Crippen LogP contribution in [0.5, 0.6) is 0 Å². The third kappa shape index (κ3) is 5.08. The average molecular weight is 355 g/mol. The molecule has 2 aromatic rings. The fourth-order valence-electron chi connectivity index (χ4n) is 3.42. The summed E-state index contributed by atoms with van der Waals surface area (Å²) in [5.41, 5.74) is 3.48. The second-order valence-electron chi connectivity index (χ2n) is 6.95. The van der Waals surface area contributed by atoms with Gasteiger partial charge in [0, 0.05) is 50.6 Å². The van der Waals surface area contributed by atoms with Crippen molar-refractivity contribution in [1.29, 1.82) is 0 Å². The normalized spacial score (nSPS) is 15.2. The summed E-state index contributed by atoms with van der Waals surface area (Å²) in [4.78, 5) is 16.8. The van der Waals surface area contributed by atoms with E-state index in [1.165, 1.54) is 11.4 Å². The maximum Gasteiger partial charge on any atom is 0.234 e. The van der Waals surface area contributed by atoms with Crippen LogP contribution >= 0.6 is 0 Å². The first-order valence-corrected chi connectivity index (χ1v) is 9.42. The molecular weight excluding hydrogens is 326 g/mol. The lowest BCUT2D eigenvalue weighted by atomic mass is 10.2. The summed E-state index contributed by atoms with van der Waals surface area (Å²) in [5.74, 6) is 0.117. The quantitative estimate of drug-likeness (QED) is 0.770. The van der Waals surface area contributed by atoms with E-state index in [9.17, 15) is 4.79 Å². The number of amides is 1. The summed E-state index contributed by atoms with van der Waals surface area (Å²) in [6, 6.07) is 12.5. The monoisotopic (exact) mass is 355 g/mol. The van der Waals surface area contributed by atoms with E-state index in [-0.39, 0.29) is 5.91 Å². The van der Waals surface area contributed by atoms with Crippen LogP contribution in [0.25, 0.3) is 0 Å². The van der Waals surface area contributed by atoms with Crippen LogP contribution in [0.4, 0.5) is 5.69 Å². The molecular formula is C20H29N5O. The molecule has 140 valence electrons. The molecule has 1 aliphatic heterocycles. The number of aromatic nitrogens is 2. The maximum absolute atomic E-state index is 12.2.